The van der Waals surface area contributed by atoms with Crippen LogP contribution in [0.5, 0.6) is 0 Å². The summed E-state index contributed by atoms with van der Waals surface area (Å²) in [6.07, 6.45) is 0. The predicted molar refractivity (Wildman–Crippen MR) is 107 cm³/mol. The van der Waals surface area contributed by atoms with E-state index in [1.807, 2.05) is 6.07 Å². The summed E-state index contributed by atoms with van der Waals surface area (Å²) in [6.45, 7) is 1.99. The van der Waals surface area contributed by atoms with Gasteiger partial charge in [0.1, 0.15) is 16.5 Å². The second-order valence-corrected chi connectivity index (χ2v) is 8.63. The molecule has 0 amide bonds. The topological polar surface area (TPSA) is 96.4 Å². The number of hydrogen-bond acceptors (Lipinski definition) is 5. The first-order valence-corrected chi connectivity index (χ1v) is 10.4. The number of benzene rings is 2. The zero-order valence-corrected chi connectivity index (χ0v) is 16.5. The van der Waals surface area contributed by atoms with Gasteiger partial charge in [-0.2, -0.15) is 5.26 Å². The van der Waals surface area contributed by atoms with E-state index in [-0.39, 0.29) is 28.7 Å². The van der Waals surface area contributed by atoms with Crippen LogP contribution in [-0.2, 0) is 14.8 Å². The van der Waals surface area contributed by atoms with E-state index < -0.39 is 15.9 Å². The van der Waals surface area contributed by atoms with Crippen LogP contribution in [0.2, 0.25) is 5.02 Å². The molecular weight excluding hydrogens is 398 g/mol. The van der Waals surface area contributed by atoms with E-state index in [9.17, 15) is 13.7 Å². The van der Waals surface area contributed by atoms with Gasteiger partial charge in [-0.05, 0) is 36.8 Å². The van der Waals surface area contributed by atoms with E-state index in [1.54, 1.807) is 55.5 Å². The Hall–Kier alpha value is -2.95. The van der Waals surface area contributed by atoms with Gasteiger partial charge in [-0.3, -0.25) is 4.31 Å². The monoisotopic (exact) mass is 413 g/mol. The molecule has 2 N–H and O–H groups in total. The minimum absolute atomic E-state index is 0.000988. The van der Waals surface area contributed by atoms with E-state index in [4.69, 9.17) is 22.1 Å². The third-order valence-electron chi connectivity index (χ3n) is 4.83. The van der Waals surface area contributed by atoms with E-state index in [1.165, 1.54) is 4.31 Å². The summed E-state index contributed by atoms with van der Waals surface area (Å²) in [4.78, 5) is 0.000988. The smallest absolute Gasteiger partial charge is 0.265 e. The number of allylic oxidation sites excluding steroid dienone is 2. The Morgan fingerprint density at radius 2 is 2.00 bits per heavy atom. The molecule has 0 aliphatic carbocycles. The van der Waals surface area contributed by atoms with Gasteiger partial charge in [0.25, 0.3) is 10.0 Å². The number of fused-ring (bicyclic) bond motifs is 2. The molecule has 2 aliphatic heterocycles. The van der Waals surface area contributed by atoms with Crippen LogP contribution in [0.4, 0.5) is 5.69 Å². The van der Waals surface area contributed by atoms with Gasteiger partial charge in [0.2, 0.25) is 5.88 Å². The molecule has 0 saturated heterocycles. The van der Waals surface area contributed by atoms with Gasteiger partial charge < -0.3 is 10.5 Å². The fourth-order valence-electron chi connectivity index (χ4n) is 3.67. The molecule has 28 heavy (non-hydrogen) atoms. The third kappa shape index (κ3) is 2.57. The molecule has 6 nitrogen and oxygen atoms in total. The molecule has 0 aromatic heterocycles. The Kier molecular flexibility index (Phi) is 4.33. The van der Waals surface area contributed by atoms with Gasteiger partial charge in [-0.25, -0.2) is 8.42 Å². The second-order valence-electron chi connectivity index (χ2n) is 6.36. The number of sulfonamides is 1. The van der Waals surface area contributed by atoms with Crippen molar-refractivity contribution in [3.05, 3.63) is 81.0 Å². The van der Waals surface area contributed by atoms with Crippen molar-refractivity contribution in [1.29, 1.82) is 5.26 Å². The number of nitrogens with two attached hydrogens (primary N) is 1. The molecule has 8 heteroatoms. The molecule has 0 bridgehead atoms. The van der Waals surface area contributed by atoms with E-state index in [0.717, 1.165) is 0 Å². The van der Waals surface area contributed by atoms with Crippen molar-refractivity contribution in [3.63, 3.8) is 0 Å². The predicted octanol–water partition coefficient (Wildman–Crippen LogP) is 3.69. The highest BCUT2D eigenvalue weighted by Gasteiger charge is 2.46. The highest BCUT2D eigenvalue weighted by atomic mass is 35.5. The lowest BCUT2D eigenvalue weighted by Gasteiger charge is -2.37. The lowest BCUT2D eigenvalue weighted by molar-refractivity contribution is 0.357. The van der Waals surface area contributed by atoms with Crippen LogP contribution >= 0.6 is 11.6 Å². The molecule has 2 aliphatic rings. The first-order valence-electron chi connectivity index (χ1n) is 8.59. The summed E-state index contributed by atoms with van der Waals surface area (Å²) in [5.74, 6) is -0.859. The molecular formula is C20H16ClN3O3S. The van der Waals surface area contributed by atoms with E-state index in [2.05, 4.69) is 0 Å². The number of anilines is 1. The highest BCUT2D eigenvalue weighted by Crippen LogP contribution is 2.50. The normalized spacial score (nSPS) is 20.2. The van der Waals surface area contributed by atoms with Crippen molar-refractivity contribution in [2.24, 2.45) is 5.73 Å². The van der Waals surface area contributed by atoms with Gasteiger partial charge in [-0.15, -0.1) is 0 Å². The first kappa shape index (κ1) is 18.4. The standard InChI is InChI=1S/C20H16ClN3O3S/c1-2-24-16-9-4-3-8-14(16)18-19(28(24,25)26)17(15(11-22)20(23)27-18)12-6-5-7-13(21)10-12/h3-10,17H,2,23H2,1H3/t17-/m0/s1. The number of nitriles is 1. The molecule has 0 unspecified atom stereocenters. The van der Waals surface area contributed by atoms with E-state index >= 15 is 0 Å². The summed E-state index contributed by atoms with van der Waals surface area (Å²) in [5.41, 5.74) is 7.76. The van der Waals surface area contributed by atoms with Crippen molar-refractivity contribution in [3.8, 4) is 6.07 Å². The third-order valence-corrected chi connectivity index (χ3v) is 7.07. The lowest BCUT2D eigenvalue weighted by Crippen LogP contribution is -2.39. The summed E-state index contributed by atoms with van der Waals surface area (Å²) in [5, 5.41) is 10.1. The summed E-state index contributed by atoms with van der Waals surface area (Å²) in [6, 6.07) is 15.8. The molecule has 0 radical (unpaired) electrons. The van der Waals surface area contributed by atoms with Gasteiger partial charge in [-0.1, -0.05) is 35.9 Å². The zero-order valence-electron chi connectivity index (χ0n) is 14.9. The van der Waals surface area contributed by atoms with Crippen LogP contribution in [0.3, 0.4) is 0 Å². The van der Waals surface area contributed by atoms with Gasteiger partial charge in [0.05, 0.1) is 11.6 Å². The minimum atomic E-state index is -3.96. The van der Waals surface area contributed by atoms with Crippen molar-refractivity contribution >= 4 is 33.1 Å². The van der Waals surface area contributed by atoms with Crippen LogP contribution in [0, 0.1) is 11.3 Å². The molecule has 2 aromatic rings. The van der Waals surface area contributed by atoms with Crippen LogP contribution in [0.1, 0.15) is 24.0 Å². The largest absolute Gasteiger partial charge is 0.439 e. The van der Waals surface area contributed by atoms with Crippen LogP contribution in [-0.4, -0.2) is 15.0 Å². The summed E-state index contributed by atoms with van der Waals surface area (Å²) >= 11 is 6.14. The van der Waals surface area contributed by atoms with Crippen molar-refractivity contribution < 1.29 is 13.2 Å². The van der Waals surface area contributed by atoms with Crippen LogP contribution < -0.4 is 10.0 Å². The molecule has 0 fully saturated rings. The summed E-state index contributed by atoms with van der Waals surface area (Å²) in [7, 11) is -3.96. The average molecular weight is 414 g/mol. The Labute approximate surface area is 168 Å². The fraction of sp³-hybridized carbons (Fsp3) is 0.150. The molecule has 1 atom stereocenters. The van der Waals surface area contributed by atoms with Crippen molar-refractivity contribution in [2.75, 3.05) is 10.8 Å². The maximum absolute atomic E-state index is 13.6. The molecule has 2 aromatic carbocycles. The molecule has 0 spiro atoms. The molecule has 2 heterocycles. The maximum Gasteiger partial charge on any atom is 0.265 e. The molecule has 0 saturated carbocycles. The van der Waals surface area contributed by atoms with Gasteiger partial charge in [0, 0.05) is 17.1 Å². The first-order chi connectivity index (χ1) is 13.4. The zero-order chi connectivity index (χ0) is 20.1. The van der Waals surface area contributed by atoms with Crippen LogP contribution in [0.15, 0.2) is 64.9 Å². The minimum Gasteiger partial charge on any atom is -0.439 e. The second kappa shape index (κ2) is 6.59. The molecule has 142 valence electrons. The summed E-state index contributed by atoms with van der Waals surface area (Å²) < 4.78 is 34.1. The van der Waals surface area contributed by atoms with Gasteiger partial charge >= 0.3 is 0 Å². The fourth-order valence-corrected chi connectivity index (χ4v) is 5.80. The Morgan fingerprint density at radius 1 is 1.25 bits per heavy atom. The van der Waals surface area contributed by atoms with Crippen molar-refractivity contribution in [2.45, 2.75) is 12.8 Å². The highest BCUT2D eigenvalue weighted by molar-refractivity contribution is 7.97. The Bertz CT molecular complexity index is 1200. The Balaban J connectivity index is 2.09. The number of para-hydroxylation sites is 1. The number of rotatable bonds is 2. The number of hydrogen-bond donors (Lipinski definition) is 1. The number of halogens is 1. The average Bonchev–Trinajstić information content (AvgIpc) is 2.67. The SMILES string of the molecule is CCN1c2ccccc2C2=C([C@@H](c3cccc(Cl)c3)C(C#N)=C(N)O2)S1(=O)=O. The number of ether oxygens (including phenoxy) is 1. The molecule has 4 rings (SSSR count). The lowest BCUT2D eigenvalue weighted by atomic mass is 9.88. The maximum atomic E-state index is 13.6. The van der Waals surface area contributed by atoms with E-state index in [0.29, 0.717) is 21.8 Å². The number of nitrogens with zero attached hydrogens (tertiary/aromatic N) is 2. The van der Waals surface area contributed by atoms with Gasteiger partial charge in [0.15, 0.2) is 5.76 Å². The Morgan fingerprint density at radius 3 is 2.68 bits per heavy atom. The quantitative estimate of drug-likeness (QED) is 0.809. The van der Waals surface area contributed by atoms with Crippen molar-refractivity contribution in [1.82, 2.24) is 0 Å². The van der Waals surface area contributed by atoms with Crippen LogP contribution in [0.25, 0.3) is 5.76 Å².